The van der Waals surface area contributed by atoms with Crippen LogP contribution in [0.25, 0.3) is 0 Å². The lowest BCUT2D eigenvalue weighted by atomic mass is 10.1. The predicted octanol–water partition coefficient (Wildman–Crippen LogP) is 3.36. The molecule has 0 unspecified atom stereocenters. The zero-order valence-electron chi connectivity index (χ0n) is 16.0. The fourth-order valence-corrected chi connectivity index (χ4v) is 4.65. The maximum Gasteiger partial charge on any atom is 0.0834 e. The lowest BCUT2D eigenvalue weighted by Crippen LogP contribution is -2.53. The molecule has 0 radical (unpaired) electrons. The minimum absolute atomic E-state index is 0.232. The molecule has 4 rings (SSSR count). The van der Waals surface area contributed by atoms with Crippen LogP contribution in [-0.2, 0) is 13.1 Å². The van der Waals surface area contributed by atoms with Crippen molar-refractivity contribution in [3.63, 3.8) is 0 Å². The van der Waals surface area contributed by atoms with Crippen LogP contribution in [0.15, 0.2) is 48.5 Å². The van der Waals surface area contributed by atoms with Gasteiger partial charge in [0.1, 0.15) is 0 Å². The maximum atomic E-state index is 10.6. The van der Waals surface area contributed by atoms with Gasteiger partial charge in [0.25, 0.3) is 0 Å². The Hall–Kier alpha value is -1.14. The van der Waals surface area contributed by atoms with E-state index in [1.165, 1.54) is 11.1 Å². The highest BCUT2D eigenvalue weighted by Crippen LogP contribution is 2.24. The monoisotopic (exact) mass is 419 g/mol. The molecule has 2 aliphatic rings. The van der Waals surface area contributed by atoms with Gasteiger partial charge in [-0.3, -0.25) is 14.7 Å². The SMILES string of the molecule is O[C@@H]1CN(Cc2ccccc2)C[C@H]1N1CCN(Cc2ccc(Cl)c(Cl)c2)CC1. The Labute approximate surface area is 177 Å². The largest absolute Gasteiger partial charge is 0.390 e. The van der Waals surface area contributed by atoms with E-state index in [-0.39, 0.29) is 12.1 Å². The second-order valence-corrected chi connectivity index (χ2v) is 8.69. The topological polar surface area (TPSA) is 30.0 Å². The van der Waals surface area contributed by atoms with Crippen LogP contribution in [0.5, 0.6) is 0 Å². The average Bonchev–Trinajstić information content (AvgIpc) is 3.06. The first-order valence-electron chi connectivity index (χ1n) is 9.93. The Morgan fingerprint density at radius 3 is 2.21 bits per heavy atom. The number of aliphatic hydroxyl groups is 1. The van der Waals surface area contributed by atoms with Crippen molar-refractivity contribution in [2.24, 2.45) is 0 Å². The molecule has 1 N–H and O–H groups in total. The summed E-state index contributed by atoms with van der Waals surface area (Å²) in [7, 11) is 0. The highest BCUT2D eigenvalue weighted by atomic mass is 35.5. The van der Waals surface area contributed by atoms with E-state index in [4.69, 9.17) is 23.2 Å². The first kappa shape index (κ1) is 20.1. The van der Waals surface area contributed by atoms with Crippen molar-refractivity contribution in [1.82, 2.24) is 14.7 Å². The van der Waals surface area contributed by atoms with Crippen molar-refractivity contribution < 1.29 is 5.11 Å². The van der Waals surface area contributed by atoms with Crippen LogP contribution < -0.4 is 0 Å². The third-order valence-electron chi connectivity index (χ3n) is 5.85. The van der Waals surface area contributed by atoms with Gasteiger partial charge in [-0.15, -0.1) is 0 Å². The molecule has 2 aromatic rings. The molecule has 28 heavy (non-hydrogen) atoms. The van der Waals surface area contributed by atoms with Gasteiger partial charge < -0.3 is 5.11 Å². The molecule has 2 saturated heterocycles. The minimum Gasteiger partial charge on any atom is -0.390 e. The number of benzene rings is 2. The highest BCUT2D eigenvalue weighted by molar-refractivity contribution is 6.42. The number of halogens is 2. The van der Waals surface area contributed by atoms with Crippen molar-refractivity contribution in [3.05, 3.63) is 69.7 Å². The number of rotatable bonds is 5. The molecular weight excluding hydrogens is 393 g/mol. The maximum absolute atomic E-state index is 10.6. The van der Waals surface area contributed by atoms with Gasteiger partial charge in [-0.25, -0.2) is 0 Å². The van der Waals surface area contributed by atoms with Gasteiger partial charge in [-0.05, 0) is 23.3 Å². The van der Waals surface area contributed by atoms with E-state index in [0.29, 0.717) is 10.0 Å². The molecule has 2 atom stereocenters. The lowest BCUT2D eigenvalue weighted by Gasteiger charge is -2.39. The standard InChI is InChI=1S/C22H27Cl2N3O/c23-19-7-6-18(12-20(19)24)14-25-8-10-27(11-9-25)21-15-26(16-22(21)28)13-17-4-2-1-3-5-17/h1-7,12,21-22,28H,8-11,13-16H2/t21-,22-/m1/s1. The van der Waals surface area contributed by atoms with E-state index in [2.05, 4.69) is 39.0 Å². The molecule has 0 aliphatic carbocycles. The van der Waals surface area contributed by atoms with E-state index >= 15 is 0 Å². The Bertz CT molecular complexity index is 781. The Balaban J connectivity index is 1.28. The summed E-state index contributed by atoms with van der Waals surface area (Å²) in [4.78, 5) is 7.27. The summed E-state index contributed by atoms with van der Waals surface area (Å²) in [6, 6.07) is 16.6. The molecule has 0 bridgehead atoms. The van der Waals surface area contributed by atoms with Crippen LogP contribution in [0.1, 0.15) is 11.1 Å². The molecule has 0 amide bonds. The number of aliphatic hydroxyl groups excluding tert-OH is 1. The van der Waals surface area contributed by atoms with Crippen LogP contribution >= 0.6 is 23.2 Å². The van der Waals surface area contributed by atoms with Crippen LogP contribution in [0.4, 0.5) is 0 Å². The summed E-state index contributed by atoms with van der Waals surface area (Å²) in [6.07, 6.45) is -0.273. The van der Waals surface area contributed by atoms with Gasteiger partial charge in [0.05, 0.1) is 16.1 Å². The second-order valence-electron chi connectivity index (χ2n) is 7.87. The minimum atomic E-state index is -0.273. The molecule has 4 nitrogen and oxygen atoms in total. The van der Waals surface area contributed by atoms with Crippen molar-refractivity contribution in [1.29, 1.82) is 0 Å². The second kappa shape index (κ2) is 9.12. The van der Waals surface area contributed by atoms with E-state index in [0.717, 1.165) is 52.4 Å². The summed E-state index contributed by atoms with van der Waals surface area (Å²) in [6.45, 7) is 7.46. The zero-order chi connectivity index (χ0) is 19.5. The van der Waals surface area contributed by atoms with E-state index < -0.39 is 0 Å². The van der Waals surface area contributed by atoms with Gasteiger partial charge in [0.15, 0.2) is 0 Å². The number of hydrogen-bond donors (Lipinski definition) is 1. The molecular formula is C22H27Cl2N3O. The van der Waals surface area contributed by atoms with Gasteiger partial charge >= 0.3 is 0 Å². The number of nitrogens with zero attached hydrogens (tertiary/aromatic N) is 3. The van der Waals surface area contributed by atoms with Gasteiger partial charge in [0, 0.05) is 58.4 Å². The average molecular weight is 420 g/mol. The quantitative estimate of drug-likeness (QED) is 0.804. The summed E-state index contributed by atoms with van der Waals surface area (Å²) in [5.41, 5.74) is 2.50. The van der Waals surface area contributed by atoms with Gasteiger partial charge in [-0.2, -0.15) is 0 Å². The fourth-order valence-electron chi connectivity index (χ4n) is 4.33. The smallest absolute Gasteiger partial charge is 0.0834 e. The Morgan fingerprint density at radius 1 is 0.786 bits per heavy atom. The zero-order valence-corrected chi connectivity index (χ0v) is 17.5. The number of β-amino-alcohol motifs (C(OH)–C–C–N with tert-alkyl or cyclic N) is 1. The summed E-state index contributed by atoms with van der Waals surface area (Å²) >= 11 is 12.1. The van der Waals surface area contributed by atoms with Crippen LogP contribution in [0, 0.1) is 0 Å². The first-order valence-corrected chi connectivity index (χ1v) is 10.7. The summed E-state index contributed by atoms with van der Waals surface area (Å²) in [5.74, 6) is 0. The Kier molecular flexibility index (Phi) is 6.56. The van der Waals surface area contributed by atoms with Gasteiger partial charge in [-0.1, -0.05) is 59.6 Å². The third kappa shape index (κ3) is 4.88. The third-order valence-corrected chi connectivity index (χ3v) is 6.59. The Morgan fingerprint density at radius 2 is 1.50 bits per heavy atom. The fraction of sp³-hybridized carbons (Fsp3) is 0.455. The van der Waals surface area contributed by atoms with Crippen LogP contribution in [0.2, 0.25) is 10.0 Å². The van der Waals surface area contributed by atoms with E-state index in [1.54, 1.807) is 0 Å². The number of hydrogen-bond acceptors (Lipinski definition) is 4. The summed E-state index contributed by atoms with van der Waals surface area (Å²) in [5, 5.41) is 11.8. The molecule has 0 saturated carbocycles. The lowest BCUT2D eigenvalue weighted by molar-refractivity contribution is 0.0423. The number of likely N-dealkylation sites (tertiary alicyclic amines) is 1. The molecule has 150 valence electrons. The normalized spacial score (nSPS) is 24.7. The van der Waals surface area contributed by atoms with E-state index in [9.17, 15) is 5.11 Å². The first-order chi connectivity index (χ1) is 13.6. The highest BCUT2D eigenvalue weighted by Gasteiger charge is 2.36. The molecule has 6 heteroatoms. The van der Waals surface area contributed by atoms with Crippen molar-refractivity contribution in [2.45, 2.75) is 25.2 Å². The molecule has 0 aromatic heterocycles. The molecule has 2 heterocycles. The molecule has 0 spiro atoms. The van der Waals surface area contributed by atoms with Crippen molar-refractivity contribution in [2.75, 3.05) is 39.3 Å². The molecule has 2 aliphatic heterocycles. The number of piperazine rings is 1. The van der Waals surface area contributed by atoms with Gasteiger partial charge in [0.2, 0.25) is 0 Å². The van der Waals surface area contributed by atoms with Crippen molar-refractivity contribution >= 4 is 23.2 Å². The summed E-state index contributed by atoms with van der Waals surface area (Å²) < 4.78 is 0. The predicted molar refractivity (Wildman–Crippen MR) is 115 cm³/mol. The molecule has 2 aromatic carbocycles. The van der Waals surface area contributed by atoms with Crippen LogP contribution in [-0.4, -0.2) is 71.2 Å². The van der Waals surface area contributed by atoms with Crippen molar-refractivity contribution in [3.8, 4) is 0 Å². The van der Waals surface area contributed by atoms with E-state index in [1.807, 2.05) is 24.3 Å². The molecule has 2 fully saturated rings. The van der Waals surface area contributed by atoms with Crippen LogP contribution in [0.3, 0.4) is 0 Å².